The van der Waals surface area contributed by atoms with Crippen LogP contribution in [0.2, 0.25) is 0 Å². The molecule has 0 bridgehead atoms. The zero-order valence-electron chi connectivity index (χ0n) is 11.7. The van der Waals surface area contributed by atoms with Crippen molar-refractivity contribution in [1.29, 1.82) is 0 Å². The number of fused-ring (bicyclic) bond motifs is 1. The number of carbonyl (C=O) groups excluding carboxylic acids is 1. The lowest BCUT2D eigenvalue weighted by Gasteiger charge is -2.18. The van der Waals surface area contributed by atoms with E-state index in [1.807, 2.05) is 0 Å². The number of nitrogens with zero attached hydrogens (tertiary/aromatic N) is 1. The molecule has 0 atom stereocenters. The van der Waals surface area contributed by atoms with Gasteiger partial charge in [-0.15, -0.1) is 0 Å². The van der Waals surface area contributed by atoms with E-state index in [1.165, 1.54) is 12.1 Å². The Bertz CT molecular complexity index is 793. The van der Waals surface area contributed by atoms with Crippen LogP contribution in [0.4, 0.5) is 11.4 Å². The van der Waals surface area contributed by atoms with Crippen LogP contribution < -0.4 is 14.8 Å². The third kappa shape index (κ3) is 3.26. The van der Waals surface area contributed by atoms with Crippen LogP contribution in [-0.2, 0) is 0 Å². The molecule has 7 nitrogen and oxygen atoms in total. The maximum Gasteiger partial charge on any atom is 0.285 e. The molecule has 2 aromatic rings. The molecule has 118 valence electrons. The number of nitro benzene ring substituents is 1. The van der Waals surface area contributed by atoms with Crippen molar-refractivity contribution in [3.8, 4) is 11.5 Å². The van der Waals surface area contributed by atoms with E-state index >= 15 is 0 Å². The van der Waals surface area contributed by atoms with Crippen LogP contribution in [0.3, 0.4) is 0 Å². The molecule has 0 aliphatic carbocycles. The Balaban J connectivity index is 1.82. The minimum absolute atomic E-state index is 0.120. The van der Waals surface area contributed by atoms with Crippen molar-refractivity contribution >= 4 is 33.2 Å². The molecule has 8 heteroatoms. The monoisotopic (exact) mass is 378 g/mol. The van der Waals surface area contributed by atoms with E-state index < -0.39 is 10.8 Å². The molecule has 1 amide bonds. The van der Waals surface area contributed by atoms with Gasteiger partial charge in [0, 0.05) is 17.3 Å². The summed E-state index contributed by atoms with van der Waals surface area (Å²) in [5.41, 5.74) is 0.588. The quantitative estimate of drug-likeness (QED) is 0.652. The fourth-order valence-corrected chi connectivity index (χ4v) is 2.51. The van der Waals surface area contributed by atoms with Gasteiger partial charge < -0.3 is 14.8 Å². The summed E-state index contributed by atoms with van der Waals surface area (Å²) < 4.78 is 11.2. The zero-order chi connectivity index (χ0) is 16.4. The predicted molar refractivity (Wildman–Crippen MR) is 86.2 cm³/mol. The third-order valence-corrected chi connectivity index (χ3v) is 3.88. The lowest BCUT2D eigenvalue weighted by Crippen LogP contribution is -2.17. The summed E-state index contributed by atoms with van der Waals surface area (Å²) in [5, 5.41) is 13.5. The van der Waals surface area contributed by atoms with Crippen molar-refractivity contribution in [2.45, 2.75) is 0 Å². The number of hydrogen-bond donors (Lipinski definition) is 1. The predicted octanol–water partition coefficient (Wildman–Crippen LogP) is 3.38. The molecule has 2 aromatic carbocycles. The highest BCUT2D eigenvalue weighted by atomic mass is 79.9. The molecule has 23 heavy (non-hydrogen) atoms. The highest BCUT2D eigenvalue weighted by Crippen LogP contribution is 2.31. The summed E-state index contributed by atoms with van der Waals surface area (Å²) in [6.45, 7) is 0.901. The molecule has 1 aliphatic heterocycles. The standard InChI is InChI=1S/C15H11BrN2O5/c16-11-3-2-10(8-12(11)18(20)21)17-15(19)9-1-4-13-14(7-9)23-6-5-22-13/h1-4,7-8H,5-6H2,(H,17,19). The Morgan fingerprint density at radius 3 is 2.61 bits per heavy atom. The van der Waals surface area contributed by atoms with Crippen LogP contribution in [0, 0.1) is 10.1 Å². The first-order chi connectivity index (χ1) is 11.0. The van der Waals surface area contributed by atoms with Crippen molar-refractivity contribution in [1.82, 2.24) is 0 Å². The van der Waals surface area contributed by atoms with Crippen LogP contribution in [0.25, 0.3) is 0 Å². The Morgan fingerprint density at radius 1 is 1.13 bits per heavy atom. The van der Waals surface area contributed by atoms with Crippen molar-refractivity contribution in [2.24, 2.45) is 0 Å². The largest absolute Gasteiger partial charge is 0.486 e. The van der Waals surface area contributed by atoms with Crippen molar-refractivity contribution in [3.63, 3.8) is 0 Å². The van der Waals surface area contributed by atoms with E-state index in [1.54, 1.807) is 24.3 Å². The maximum atomic E-state index is 12.3. The van der Waals surface area contributed by atoms with Crippen molar-refractivity contribution in [3.05, 3.63) is 56.5 Å². The Hall–Kier alpha value is -2.61. The van der Waals surface area contributed by atoms with Gasteiger partial charge in [0.05, 0.1) is 9.40 Å². The first-order valence-corrected chi connectivity index (χ1v) is 7.49. The highest BCUT2D eigenvalue weighted by Gasteiger charge is 2.17. The number of benzene rings is 2. The second-order valence-electron chi connectivity index (χ2n) is 4.74. The number of nitro groups is 1. The minimum atomic E-state index is -0.524. The van der Waals surface area contributed by atoms with E-state index in [0.717, 1.165) is 0 Å². The molecular formula is C15H11BrN2O5. The average Bonchev–Trinajstić information content (AvgIpc) is 2.55. The van der Waals surface area contributed by atoms with Crippen LogP contribution in [0.1, 0.15) is 10.4 Å². The minimum Gasteiger partial charge on any atom is -0.486 e. The summed E-state index contributed by atoms with van der Waals surface area (Å²) in [4.78, 5) is 22.7. The molecule has 1 N–H and O–H groups in total. The van der Waals surface area contributed by atoms with Gasteiger partial charge in [0.25, 0.3) is 11.6 Å². The summed E-state index contributed by atoms with van der Waals surface area (Å²) in [6, 6.07) is 9.23. The molecular weight excluding hydrogens is 368 g/mol. The topological polar surface area (TPSA) is 90.7 Å². The van der Waals surface area contributed by atoms with Crippen LogP contribution in [-0.4, -0.2) is 24.0 Å². The number of anilines is 1. The van der Waals surface area contributed by atoms with Gasteiger partial charge in [-0.25, -0.2) is 0 Å². The van der Waals surface area contributed by atoms with E-state index in [4.69, 9.17) is 9.47 Å². The lowest BCUT2D eigenvalue weighted by atomic mass is 10.1. The van der Waals surface area contributed by atoms with Gasteiger partial charge in [-0.05, 0) is 46.3 Å². The number of nitrogens with one attached hydrogen (secondary N) is 1. The number of ether oxygens (including phenoxy) is 2. The molecule has 3 rings (SSSR count). The molecule has 0 unspecified atom stereocenters. The first kappa shape index (κ1) is 15.3. The van der Waals surface area contributed by atoms with Crippen LogP contribution >= 0.6 is 15.9 Å². The molecule has 0 saturated heterocycles. The first-order valence-electron chi connectivity index (χ1n) is 6.69. The van der Waals surface area contributed by atoms with Gasteiger partial charge in [-0.3, -0.25) is 14.9 Å². The zero-order valence-corrected chi connectivity index (χ0v) is 13.3. The molecule has 0 saturated carbocycles. The molecule has 0 aromatic heterocycles. The van der Waals surface area contributed by atoms with Crippen molar-refractivity contribution < 1.29 is 19.2 Å². The molecule has 1 aliphatic rings. The SMILES string of the molecule is O=C(Nc1ccc(Br)c([N+](=O)[O-])c1)c1ccc2c(c1)OCCO2. The van der Waals surface area contributed by atoms with E-state index in [9.17, 15) is 14.9 Å². The summed E-state index contributed by atoms with van der Waals surface area (Å²) in [5.74, 6) is 0.705. The lowest BCUT2D eigenvalue weighted by molar-refractivity contribution is -0.385. The normalized spacial score (nSPS) is 12.6. The van der Waals surface area contributed by atoms with Crippen LogP contribution in [0.15, 0.2) is 40.9 Å². The van der Waals surface area contributed by atoms with Gasteiger partial charge in [0.1, 0.15) is 13.2 Å². The number of hydrogen-bond acceptors (Lipinski definition) is 5. The Labute approximate surface area is 139 Å². The van der Waals surface area contributed by atoms with E-state index in [2.05, 4.69) is 21.2 Å². The van der Waals surface area contributed by atoms with Crippen molar-refractivity contribution in [2.75, 3.05) is 18.5 Å². The van der Waals surface area contributed by atoms with Crippen LogP contribution in [0.5, 0.6) is 11.5 Å². The second kappa shape index (κ2) is 6.25. The van der Waals surface area contributed by atoms with Gasteiger partial charge >= 0.3 is 0 Å². The van der Waals surface area contributed by atoms with Gasteiger partial charge in [0.2, 0.25) is 0 Å². The fraction of sp³-hybridized carbons (Fsp3) is 0.133. The molecule has 0 radical (unpaired) electrons. The Kier molecular flexibility index (Phi) is 4.16. The molecule has 0 fully saturated rings. The molecule has 0 spiro atoms. The summed E-state index contributed by atoms with van der Waals surface area (Å²) >= 11 is 3.10. The second-order valence-corrected chi connectivity index (χ2v) is 5.59. The van der Waals surface area contributed by atoms with Gasteiger partial charge in [-0.1, -0.05) is 0 Å². The number of halogens is 1. The molecule has 1 heterocycles. The number of amides is 1. The summed E-state index contributed by atoms with van der Waals surface area (Å²) in [6.07, 6.45) is 0. The third-order valence-electron chi connectivity index (χ3n) is 3.21. The summed E-state index contributed by atoms with van der Waals surface area (Å²) in [7, 11) is 0. The van der Waals surface area contributed by atoms with E-state index in [0.29, 0.717) is 40.4 Å². The highest BCUT2D eigenvalue weighted by molar-refractivity contribution is 9.10. The number of rotatable bonds is 3. The van der Waals surface area contributed by atoms with Gasteiger partial charge in [0.15, 0.2) is 11.5 Å². The average molecular weight is 379 g/mol. The smallest absolute Gasteiger partial charge is 0.285 e. The maximum absolute atomic E-state index is 12.3. The fourth-order valence-electron chi connectivity index (χ4n) is 2.12. The van der Waals surface area contributed by atoms with E-state index in [-0.39, 0.29) is 5.69 Å². The van der Waals surface area contributed by atoms with Gasteiger partial charge in [-0.2, -0.15) is 0 Å². The Morgan fingerprint density at radius 2 is 1.87 bits per heavy atom. The number of carbonyl (C=O) groups is 1.